The van der Waals surface area contributed by atoms with Crippen molar-refractivity contribution in [2.45, 2.75) is 57.2 Å². The fraction of sp³-hybridized carbons (Fsp3) is 0.550. The lowest BCUT2D eigenvalue weighted by Gasteiger charge is -2.36. The highest BCUT2D eigenvalue weighted by atomic mass is 16.2. The number of primary amides is 1. The van der Waals surface area contributed by atoms with Crippen molar-refractivity contribution in [2.24, 2.45) is 5.73 Å². The molecule has 2 aliphatic rings. The van der Waals surface area contributed by atoms with Crippen LogP contribution < -0.4 is 16.4 Å². The molecule has 28 heavy (non-hydrogen) atoms. The smallest absolute Gasteiger partial charge is 0.319 e. The standard InChI is InChI=1S/C20H28N6O2/c1-3-8-22-20(28)23-12-4-7-17-16(9-12)18(19(21)27)24-26(17)15-10-13-5-6-14(11-15)25(13)2/h4,7,9,13-15H,3,5-6,8,10-11H2,1-2H3,(H2,21,27)(H2,22,23,28). The van der Waals surface area contributed by atoms with Gasteiger partial charge in [-0.1, -0.05) is 6.92 Å². The molecule has 2 aliphatic heterocycles. The molecule has 0 spiro atoms. The van der Waals surface area contributed by atoms with Crippen LogP contribution in [0, 0.1) is 0 Å². The van der Waals surface area contributed by atoms with Gasteiger partial charge in [0.1, 0.15) is 0 Å². The summed E-state index contributed by atoms with van der Waals surface area (Å²) in [6, 6.07) is 6.70. The fourth-order valence-electron chi connectivity index (χ4n) is 4.68. The third kappa shape index (κ3) is 3.32. The minimum atomic E-state index is -0.549. The van der Waals surface area contributed by atoms with Crippen molar-refractivity contribution in [3.05, 3.63) is 23.9 Å². The van der Waals surface area contributed by atoms with E-state index in [1.165, 1.54) is 12.8 Å². The molecule has 2 fully saturated rings. The Balaban J connectivity index is 1.65. The molecule has 0 saturated carbocycles. The number of aromatic nitrogens is 2. The molecule has 8 heteroatoms. The van der Waals surface area contributed by atoms with Crippen LogP contribution in [0.4, 0.5) is 10.5 Å². The molecule has 0 radical (unpaired) electrons. The predicted molar refractivity (Wildman–Crippen MR) is 108 cm³/mol. The van der Waals surface area contributed by atoms with Crippen LogP contribution in [0.15, 0.2) is 18.2 Å². The van der Waals surface area contributed by atoms with E-state index in [-0.39, 0.29) is 17.8 Å². The van der Waals surface area contributed by atoms with Gasteiger partial charge in [0.15, 0.2) is 5.69 Å². The number of nitrogens with zero attached hydrogens (tertiary/aromatic N) is 3. The van der Waals surface area contributed by atoms with E-state index in [0.29, 0.717) is 29.7 Å². The van der Waals surface area contributed by atoms with E-state index in [4.69, 9.17) is 5.73 Å². The van der Waals surface area contributed by atoms with E-state index in [0.717, 1.165) is 24.8 Å². The third-order valence-corrected chi connectivity index (χ3v) is 6.15. The summed E-state index contributed by atoms with van der Waals surface area (Å²) in [5, 5.41) is 10.9. The van der Waals surface area contributed by atoms with Gasteiger partial charge in [-0.3, -0.25) is 9.48 Å². The predicted octanol–water partition coefficient (Wildman–Crippen LogP) is 2.46. The van der Waals surface area contributed by atoms with Gasteiger partial charge >= 0.3 is 6.03 Å². The fourth-order valence-corrected chi connectivity index (χ4v) is 4.68. The largest absolute Gasteiger partial charge is 0.364 e. The summed E-state index contributed by atoms with van der Waals surface area (Å²) < 4.78 is 1.98. The zero-order valence-corrected chi connectivity index (χ0v) is 16.4. The van der Waals surface area contributed by atoms with Crippen LogP contribution >= 0.6 is 0 Å². The van der Waals surface area contributed by atoms with Gasteiger partial charge in [-0.15, -0.1) is 0 Å². The van der Waals surface area contributed by atoms with Crippen molar-refractivity contribution in [3.8, 4) is 0 Å². The second-order valence-corrected chi connectivity index (χ2v) is 7.95. The maximum absolute atomic E-state index is 12.0. The SMILES string of the molecule is CCCNC(=O)Nc1ccc2c(c1)c(C(N)=O)nn2C1CC2CCC(C1)N2C. The Hall–Kier alpha value is -2.61. The van der Waals surface area contributed by atoms with Gasteiger partial charge in [0.05, 0.1) is 11.6 Å². The number of amides is 3. The highest BCUT2D eigenvalue weighted by Crippen LogP contribution is 2.41. The Morgan fingerprint density at radius 2 is 1.93 bits per heavy atom. The number of hydrogen-bond acceptors (Lipinski definition) is 4. The van der Waals surface area contributed by atoms with Gasteiger partial charge in [0.2, 0.25) is 0 Å². The van der Waals surface area contributed by atoms with Gasteiger partial charge < -0.3 is 21.3 Å². The summed E-state index contributed by atoms with van der Waals surface area (Å²) in [4.78, 5) is 26.4. The number of urea groups is 1. The molecule has 4 rings (SSSR count). The molecule has 2 saturated heterocycles. The van der Waals surface area contributed by atoms with Crippen LogP contribution in [0.5, 0.6) is 0 Å². The summed E-state index contributed by atoms with van der Waals surface area (Å²) in [5.41, 5.74) is 7.38. The number of rotatable bonds is 5. The van der Waals surface area contributed by atoms with Crippen LogP contribution in [-0.4, -0.2) is 52.3 Å². The van der Waals surface area contributed by atoms with Crippen LogP contribution in [0.2, 0.25) is 0 Å². The molecule has 150 valence electrons. The zero-order chi connectivity index (χ0) is 19.8. The number of anilines is 1. The van der Waals surface area contributed by atoms with Crippen LogP contribution in [0.3, 0.4) is 0 Å². The van der Waals surface area contributed by atoms with Gasteiger partial charge in [0.25, 0.3) is 5.91 Å². The maximum atomic E-state index is 12.0. The topological polar surface area (TPSA) is 105 Å². The summed E-state index contributed by atoms with van der Waals surface area (Å²) in [6.07, 6.45) is 5.37. The molecular formula is C20H28N6O2. The normalized spacial score (nSPS) is 24.4. The first-order valence-electron chi connectivity index (χ1n) is 10.1. The Bertz CT molecular complexity index is 893. The summed E-state index contributed by atoms with van der Waals surface area (Å²) in [5.74, 6) is -0.549. The molecule has 3 heterocycles. The number of piperidine rings is 1. The molecule has 0 aliphatic carbocycles. The summed E-state index contributed by atoms with van der Waals surface area (Å²) in [7, 11) is 2.20. The number of nitrogens with one attached hydrogen (secondary N) is 2. The minimum Gasteiger partial charge on any atom is -0.364 e. The highest BCUT2D eigenvalue weighted by Gasteiger charge is 2.40. The van der Waals surface area contributed by atoms with Crippen LogP contribution in [-0.2, 0) is 0 Å². The number of fused-ring (bicyclic) bond motifs is 3. The van der Waals surface area contributed by atoms with Crippen molar-refractivity contribution in [1.29, 1.82) is 0 Å². The van der Waals surface area contributed by atoms with Gasteiger partial charge in [0, 0.05) is 29.7 Å². The zero-order valence-electron chi connectivity index (χ0n) is 16.4. The number of benzene rings is 1. The number of hydrogen-bond donors (Lipinski definition) is 3. The average molecular weight is 384 g/mol. The monoisotopic (exact) mass is 384 g/mol. The van der Waals surface area contributed by atoms with E-state index in [2.05, 4.69) is 27.7 Å². The lowest BCUT2D eigenvalue weighted by Crippen LogP contribution is -2.40. The molecular weight excluding hydrogens is 356 g/mol. The van der Waals surface area contributed by atoms with Crippen molar-refractivity contribution in [1.82, 2.24) is 20.0 Å². The van der Waals surface area contributed by atoms with Gasteiger partial charge in [-0.25, -0.2) is 4.79 Å². The Kier molecular flexibility index (Phi) is 4.97. The summed E-state index contributed by atoms with van der Waals surface area (Å²) >= 11 is 0. The number of nitrogens with two attached hydrogens (primary N) is 1. The lowest BCUT2D eigenvalue weighted by atomic mass is 9.98. The average Bonchev–Trinajstić information content (AvgIpc) is 3.12. The first-order chi connectivity index (χ1) is 13.5. The maximum Gasteiger partial charge on any atom is 0.319 e. The molecule has 2 unspecified atom stereocenters. The second kappa shape index (κ2) is 7.43. The highest BCUT2D eigenvalue weighted by molar-refractivity contribution is 6.05. The van der Waals surface area contributed by atoms with E-state index in [1.54, 1.807) is 6.07 Å². The summed E-state index contributed by atoms with van der Waals surface area (Å²) in [6.45, 7) is 2.60. The van der Waals surface area contributed by atoms with E-state index < -0.39 is 5.91 Å². The number of carbonyl (C=O) groups excluding carboxylic acids is 2. The van der Waals surface area contributed by atoms with Crippen molar-refractivity contribution in [3.63, 3.8) is 0 Å². The quantitative estimate of drug-likeness (QED) is 0.736. The molecule has 8 nitrogen and oxygen atoms in total. The first-order valence-corrected chi connectivity index (χ1v) is 10.1. The Morgan fingerprint density at radius 3 is 2.57 bits per heavy atom. The Labute approximate surface area is 164 Å². The second-order valence-electron chi connectivity index (χ2n) is 7.95. The van der Waals surface area contributed by atoms with E-state index >= 15 is 0 Å². The molecule has 2 atom stereocenters. The van der Waals surface area contributed by atoms with Crippen LogP contribution in [0.1, 0.15) is 55.6 Å². The van der Waals surface area contributed by atoms with E-state index in [1.807, 2.05) is 23.7 Å². The molecule has 2 aromatic rings. The first kappa shape index (κ1) is 18.7. The minimum absolute atomic E-state index is 0.260. The molecule has 1 aromatic heterocycles. The van der Waals surface area contributed by atoms with Crippen molar-refractivity contribution in [2.75, 3.05) is 18.9 Å². The Morgan fingerprint density at radius 1 is 1.21 bits per heavy atom. The third-order valence-electron chi connectivity index (χ3n) is 6.15. The van der Waals surface area contributed by atoms with Gasteiger partial charge in [-0.2, -0.15) is 5.10 Å². The lowest BCUT2D eigenvalue weighted by molar-refractivity contribution is 0.0993. The van der Waals surface area contributed by atoms with Gasteiger partial charge in [-0.05, 0) is 57.4 Å². The van der Waals surface area contributed by atoms with Crippen molar-refractivity contribution < 1.29 is 9.59 Å². The van der Waals surface area contributed by atoms with Crippen LogP contribution in [0.25, 0.3) is 10.9 Å². The molecule has 1 aromatic carbocycles. The molecule has 3 amide bonds. The van der Waals surface area contributed by atoms with Crippen molar-refractivity contribution >= 4 is 28.5 Å². The molecule has 2 bridgehead atoms. The number of carbonyl (C=O) groups is 2. The molecule has 4 N–H and O–H groups in total. The van der Waals surface area contributed by atoms with E-state index in [9.17, 15) is 9.59 Å².